The van der Waals surface area contributed by atoms with Crippen molar-refractivity contribution in [1.82, 2.24) is 0 Å². The van der Waals surface area contributed by atoms with Gasteiger partial charge in [0, 0.05) is 9.95 Å². The van der Waals surface area contributed by atoms with Gasteiger partial charge in [-0.1, -0.05) is 23.7 Å². The highest BCUT2D eigenvalue weighted by Gasteiger charge is 2.39. The summed E-state index contributed by atoms with van der Waals surface area (Å²) in [5.41, 5.74) is 0.246. The number of rotatable bonds is 6. The number of hydrogen-bond donors (Lipinski definition) is 2. The van der Waals surface area contributed by atoms with E-state index in [9.17, 15) is 19.7 Å². The Balaban J connectivity index is 3.19. The van der Waals surface area contributed by atoms with Crippen molar-refractivity contribution in [3.05, 3.63) is 45.0 Å². The number of benzene rings is 1. The fourth-order valence-electron chi connectivity index (χ4n) is 1.72. The maximum absolute atomic E-state index is 11.0. The highest BCUT2D eigenvalue weighted by atomic mass is 35.5. The summed E-state index contributed by atoms with van der Waals surface area (Å²) < 4.78 is 0. The van der Waals surface area contributed by atoms with E-state index in [0.717, 1.165) is 0 Å². The van der Waals surface area contributed by atoms with Gasteiger partial charge >= 0.3 is 11.9 Å². The summed E-state index contributed by atoms with van der Waals surface area (Å²) >= 11 is 5.66. The number of aliphatic carboxylic acids is 2. The van der Waals surface area contributed by atoms with Crippen LogP contribution in [0.2, 0.25) is 5.02 Å². The van der Waals surface area contributed by atoms with Crippen molar-refractivity contribution < 1.29 is 24.7 Å². The summed E-state index contributed by atoms with van der Waals surface area (Å²) in [6.45, 7) is -0.787. The molecule has 19 heavy (non-hydrogen) atoms. The molecule has 0 aromatic heterocycles. The third kappa shape index (κ3) is 3.92. The van der Waals surface area contributed by atoms with Crippen LogP contribution in [0.15, 0.2) is 24.3 Å². The number of hydrogen-bond acceptors (Lipinski definition) is 4. The molecule has 0 fully saturated rings. The molecule has 1 atom stereocenters. The average Bonchev–Trinajstić information content (AvgIpc) is 2.27. The highest BCUT2D eigenvalue weighted by molar-refractivity contribution is 6.30. The molecule has 0 saturated carbocycles. The number of nitrogens with zero attached hydrogens (tertiary/aromatic N) is 1. The van der Waals surface area contributed by atoms with Gasteiger partial charge < -0.3 is 10.2 Å². The number of carboxylic acids is 2. The van der Waals surface area contributed by atoms with E-state index >= 15 is 0 Å². The molecule has 1 aromatic carbocycles. The Labute approximate surface area is 112 Å². The lowest BCUT2D eigenvalue weighted by molar-refractivity contribution is -0.484. The standard InChI is InChI=1S/C11H10ClNO6/c12-7-3-1-6(2-4-7)8(5-13(18)19)9(10(14)15)11(16)17/h1-4,8-9H,5H2,(H,14,15)(H,16,17). The Morgan fingerprint density at radius 2 is 1.68 bits per heavy atom. The second-order valence-electron chi connectivity index (χ2n) is 3.83. The van der Waals surface area contributed by atoms with E-state index in [4.69, 9.17) is 21.8 Å². The van der Waals surface area contributed by atoms with Gasteiger partial charge in [0.2, 0.25) is 6.54 Å². The van der Waals surface area contributed by atoms with Crippen molar-refractivity contribution in [3.8, 4) is 0 Å². The number of carboxylic acid groups (broad SMARTS) is 2. The lowest BCUT2D eigenvalue weighted by Gasteiger charge is -2.17. The Hall–Kier alpha value is -2.15. The first-order valence-corrected chi connectivity index (χ1v) is 5.53. The first-order valence-electron chi connectivity index (χ1n) is 5.15. The van der Waals surface area contributed by atoms with Crippen molar-refractivity contribution in [2.24, 2.45) is 5.92 Å². The fraction of sp³-hybridized carbons (Fsp3) is 0.273. The minimum atomic E-state index is -1.88. The van der Waals surface area contributed by atoms with Crippen molar-refractivity contribution >= 4 is 23.5 Å². The van der Waals surface area contributed by atoms with Crippen LogP contribution >= 0.6 is 11.6 Å². The molecule has 0 aliphatic carbocycles. The summed E-state index contributed by atoms with van der Waals surface area (Å²) in [4.78, 5) is 31.8. The molecule has 0 radical (unpaired) electrons. The Morgan fingerprint density at radius 3 is 2.05 bits per heavy atom. The fourth-order valence-corrected chi connectivity index (χ4v) is 1.85. The first-order chi connectivity index (χ1) is 8.82. The maximum atomic E-state index is 11.0. The lowest BCUT2D eigenvalue weighted by atomic mass is 9.86. The second kappa shape index (κ2) is 6.14. The van der Waals surface area contributed by atoms with Crippen LogP contribution in [0.25, 0.3) is 0 Å². The minimum absolute atomic E-state index is 0.246. The van der Waals surface area contributed by atoms with Gasteiger partial charge in [-0.25, -0.2) is 0 Å². The van der Waals surface area contributed by atoms with E-state index < -0.39 is 35.2 Å². The van der Waals surface area contributed by atoms with Gasteiger partial charge in [0.1, 0.15) is 0 Å². The minimum Gasteiger partial charge on any atom is -0.481 e. The highest BCUT2D eigenvalue weighted by Crippen LogP contribution is 2.27. The van der Waals surface area contributed by atoms with Crippen LogP contribution in [0.1, 0.15) is 11.5 Å². The summed E-state index contributed by atoms with van der Waals surface area (Å²) in [6.07, 6.45) is 0. The zero-order chi connectivity index (χ0) is 14.6. The van der Waals surface area contributed by atoms with Gasteiger partial charge in [-0.3, -0.25) is 19.7 Å². The predicted octanol–water partition coefficient (Wildman–Crippen LogP) is 1.49. The van der Waals surface area contributed by atoms with Crippen molar-refractivity contribution in [2.45, 2.75) is 5.92 Å². The summed E-state index contributed by atoms with van der Waals surface area (Å²) in [5, 5.41) is 28.8. The molecule has 0 bridgehead atoms. The first kappa shape index (κ1) is 14.9. The monoisotopic (exact) mass is 287 g/mol. The van der Waals surface area contributed by atoms with E-state index in [-0.39, 0.29) is 5.56 Å². The van der Waals surface area contributed by atoms with Crippen LogP contribution in [-0.2, 0) is 9.59 Å². The molecule has 0 saturated heterocycles. The van der Waals surface area contributed by atoms with Crippen molar-refractivity contribution in [2.75, 3.05) is 6.54 Å². The third-order valence-electron chi connectivity index (χ3n) is 2.58. The lowest BCUT2D eigenvalue weighted by Crippen LogP contribution is -2.33. The van der Waals surface area contributed by atoms with Crippen LogP contribution in [0.4, 0.5) is 0 Å². The Morgan fingerprint density at radius 1 is 1.21 bits per heavy atom. The molecule has 0 spiro atoms. The predicted molar refractivity (Wildman–Crippen MR) is 64.8 cm³/mol. The molecule has 7 nitrogen and oxygen atoms in total. The largest absolute Gasteiger partial charge is 0.481 e. The molecule has 0 aliphatic heterocycles. The molecule has 0 heterocycles. The summed E-state index contributed by atoms with van der Waals surface area (Å²) in [7, 11) is 0. The Kier molecular flexibility index (Phi) is 4.82. The number of carbonyl (C=O) groups is 2. The summed E-state index contributed by atoms with van der Waals surface area (Å²) in [5.74, 6) is -6.38. The number of halogens is 1. The Bertz CT molecular complexity index is 486. The molecule has 2 N–H and O–H groups in total. The summed E-state index contributed by atoms with van der Waals surface area (Å²) in [6, 6.07) is 5.61. The van der Waals surface area contributed by atoms with Crippen molar-refractivity contribution in [1.29, 1.82) is 0 Å². The van der Waals surface area contributed by atoms with Gasteiger partial charge in [0.15, 0.2) is 5.92 Å². The van der Waals surface area contributed by atoms with Crippen molar-refractivity contribution in [3.63, 3.8) is 0 Å². The quantitative estimate of drug-likeness (QED) is 0.465. The molecular formula is C11H10ClNO6. The van der Waals surface area contributed by atoms with Gasteiger partial charge in [0.25, 0.3) is 0 Å². The molecule has 1 aromatic rings. The maximum Gasteiger partial charge on any atom is 0.318 e. The zero-order valence-electron chi connectivity index (χ0n) is 9.52. The van der Waals surface area contributed by atoms with Crippen LogP contribution in [0.5, 0.6) is 0 Å². The smallest absolute Gasteiger partial charge is 0.318 e. The van der Waals surface area contributed by atoms with E-state index in [1.807, 2.05) is 0 Å². The van der Waals surface area contributed by atoms with E-state index in [1.54, 1.807) is 0 Å². The van der Waals surface area contributed by atoms with E-state index in [1.165, 1.54) is 24.3 Å². The molecule has 102 valence electrons. The van der Waals surface area contributed by atoms with Gasteiger partial charge in [-0.15, -0.1) is 0 Å². The molecule has 1 unspecified atom stereocenters. The van der Waals surface area contributed by atoms with Gasteiger partial charge in [-0.2, -0.15) is 0 Å². The zero-order valence-corrected chi connectivity index (χ0v) is 10.3. The van der Waals surface area contributed by atoms with Gasteiger partial charge in [-0.05, 0) is 17.7 Å². The normalized spacial score (nSPS) is 12.1. The van der Waals surface area contributed by atoms with Crippen LogP contribution in [0.3, 0.4) is 0 Å². The molecule has 8 heteroatoms. The van der Waals surface area contributed by atoms with E-state index in [2.05, 4.69) is 0 Å². The second-order valence-corrected chi connectivity index (χ2v) is 4.26. The van der Waals surface area contributed by atoms with Crippen LogP contribution in [0, 0.1) is 16.0 Å². The molecule has 1 rings (SSSR count). The molecular weight excluding hydrogens is 278 g/mol. The van der Waals surface area contributed by atoms with Crippen LogP contribution < -0.4 is 0 Å². The van der Waals surface area contributed by atoms with Gasteiger partial charge in [0.05, 0.1) is 5.92 Å². The van der Waals surface area contributed by atoms with Crippen LogP contribution in [-0.4, -0.2) is 33.6 Å². The third-order valence-corrected chi connectivity index (χ3v) is 2.83. The number of nitro groups is 1. The topological polar surface area (TPSA) is 118 Å². The average molecular weight is 288 g/mol. The molecule has 0 aliphatic rings. The SMILES string of the molecule is O=C(O)C(C(=O)O)C(C[N+](=O)[O-])c1ccc(Cl)cc1. The molecule has 0 amide bonds. The van der Waals surface area contributed by atoms with E-state index in [0.29, 0.717) is 5.02 Å².